The number of halogens is 2. The van der Waals surface area contributed by atoms with Crippen molar-refractivity contribution < 1.29 is 4.79 Å². The lowest BCUT2D eigenvalue weighted by atomic mass is 10.1. The van der Waals surface area contributed by atoms with E-state index in [0.29, 0.717) is 12.3 Å². The average Bonchev–Trinajstić information content (AvgIpc) is 2.26. The highest BCUT2D eigenvalue weighted by Crippen LogP contribution is 2.22. The Labute approximate surface area is 110 Å². The SMILES string of the molecule is C[C@H](NC(=O)CCCCl)c1ccccc1Br. The van der Waals surface area contributed by atoms with Gasteiger partial charge in [0.2, 0.25) is 5.91 Å². The molecule has 0 heterocycles. The van der Waals surface area contributed by atoms with Crippen LogP contribution >= 0.6 is 27.5 Å². The molecule has 0 aliphatic heterocycles. The van der Waals surface area contributed by atoms with Crippen LogP contribution in [-0.2, 0) is 4.79 Å². The Bertz CT molecular complexity index is 357. The molecule has 0 bridgehead atoms. The quantitative estimate of drug-likeness (QED) is 0.827. The fraction of sp³-hybridized carbons (Fsp3) is 0.417. The van der Waals surface area contributed by atoms with Gasteiger partial charge in [-0.05, 0) is 25.0 Å². The van der Waals surface area contributed by atoms with E-state index in [2.05, 4.69) is 21.2 Å². The maximum atomic E-state index is 11.5. The van der Waals surface area contributed by atoms with Gasteiger partial charge in [-0.2, -0.15) is 0 Å². The second-order valence-corrected chi connectivity index (χ2v) is 4.84. The molecule has 1 rings (SSSR count). The fourth-order valence-corrected chi connectivity index (χ4v) is 2.21. The van der Waals surface area contributed by atoms with Crippen LogP contribution in [0.4, 0.5) is 0 Å². The molecular formula is C12H15BrClNO. The van der Waals surface area contributed by atoms with Crippen LogP contribution in [0.15, 0.2) is 28.7 Å². The third-order valence-corrected chi connectivity index (χ3v) is 3.28. The number of rotatable bonds is 5. The second kappa shape index (κ2) is 6.92. The maximum absolute atomic E-state index is 11.5. The highest BCUT2D eigenvalue weighted by Gasteiger charge is 2.11. The third-order valence-electron chi connectivity index (χ3n) is 2.29. The Morgan fingerprint density at radius 3 is 2.81 bits per heavy atom. The van der Waals surface area contributed by atoms with Crippen LogP contribution in [0.3, 0.4) is 0 Å². The minimum Gasteiger partial charge on any atom is -0.350 e. The number of alkyl halides is 1. The molecule has 0 fully saturated rings. The molecule has 0 spiro atoms. The summed E-state index contributed by atoms with van der Waals surface area (Å²) in [6.07, 6.45) is 1.20. The molecule has 0 unspecified atom stereocenters. The molecule has 2 nitrogen and oxygen atoms in total. The van der Waals surface area contributed by atoms with Crippen LogP contribution in [-0.4, -0.2) is 11.8 Å². The molecule has 0 saturated heterocycles. The number of carbonyl (C=O) groups is 1. The van der Waals surface area contributed by atoms with E-state index in [4.69, 9.17) is 11.6 Å². The molecule has 0 aliphatic carbocycles. The van der Waals surface area contributed by atoms with Gasteiger partial charge in [-0.3, -0.25) is 4.79 Å². The monoisotopic (exact) mass is 303 g/mol. The van der Waals surface area contributed by atoms with Gasteiger partial charge in [0.25, 0.3) is 0 Å². The maximum Gasteiger partial charge on any atom is 0.220 e. The summed E-state index contributed by atoms with van der Waals surface area (Å²) >= 11 is 9.00. The van der Waals surface area contributed by atoms with Gasteiger partial charge >= 0.3 is 0 Å². The van der Waals surface area contributed by atoms with Crippen LogP contribution in [0, 0.1) is 0 Å². The van der Waals surface area contributed by atoms with Gasteiger partial charge in [0, 0.05) is 16.8 Å². The van der Waals surface area contributed by atoms with Gasteiger partial charge < -0.3 is 5.32 Å². The zero-order chi connectivity index (χ0) is 12.0. The first-order valence-electron chi connectivity index (χ1n) is 5.25. The lowest BCUT2D eigenvalue weighted by Gasteiger charge is -2.15. The van der Waals surface area contributed by atoms with Gasteiger partial charge in [-0.25, -0.2) is 0 Å². The first-order chi connectivity index (χ1) is 7.65. The number of hydrogen-bond acceptors (Lipinski definition) is 1. The normalized spacial score (nSPS) is 12.2. The highest BCUT2D eigenvalue weighted by molar-refractivity contribution is 9.10. The first-order valence-corrected chi connectivity index (χ1v) is 6.57. The predicted octanol–water partition coefficient (Wildman–Crippen LogP) is 3.65. The Morgan fingerprint density at radius 2 is 2.19 bits per heavy atom. The Balaban J connectivity index is 2.55. The zero-order valence-corrected chi connectivity index (χ0v) is 11.5. The predicted molar refractivity (Wildman–Crippen MR) is 70.7 cm³/mol. The second-order valence-electron chi connectivity index (χ2n) is 3.60. The van der Waals surface area contributed by atoms with Crippen molar-refractivity contribution in [3.63, 3.8) is 0 Å². The first kappa shape index (κ1) is 13.5. The number of nitrogens with one attached hydrogen (secondary N) is 1. The van der Waals surface area contributed by atoms with Crippen molar-refractivity contribution in [2.24, 2.45) is 0 Å². The Morgan fingerprint density at radius 1 is 1.50 bits per heavy atom. The van der Waals surface area contributed by atoms with Gasteiger partial charge in [0.05, 0.1) is 6.04 Å². The van der Waals surface area contributed by atoms with Crippen LogP contribution in [0.2, 0.25) is 0 Å². The summed E-state index contributed by atoms with van der Waals surface area (Å²) in [5.41, 5.74) is 1.08. The van der Waals surface area contributed by atoms with Crippen molar-refractivity contribution in [2.45, 2.75) is 25.8 Å². The summed E-state index contributed by atoms with van der Waals surface area (Å²) in [6, 6.07) is 7.89. The van der Waals surface area contributed by atoms with Crippen LogP contribution in [0.1, 0.15) is 31.4 Å². The molecule has 1 aromatic carbocycles. The molecule has 0 aromatic heterocycles. The molecule has 1 amide bonds. The van der Waals surface area contributed by atoms with Crippen molar-refractivity contribution in [1.82, 2.24) is 5.32 Å². The molecular weight excluding hydrogens is 289 g/mol. The fourth-order valence-electron chi connectivity index (χ4n) is 1.45. The molecule has 0 aliphatic rings. The number of amides is 1. The molecule has 4 heteroatoms. The van der Waals surface area contributed by atoms with E-state index in [1.54, 1.807) is 0 Å². The average molecular weight is 305 g/mol. The van der Waals surface area contributed by atoms with Crippen LogP contribution in [0.5, 0.6) is 0 Å². The van der Waals surface area contributed by atoms with Crippen molar-refractivity contribution in [3.05, 3.63) is 34.3 Å². The number of hydrogen-bond donors (Lipinski definition) is 1. The smallest absolute Gasteiger partial charge is 0.220 e. The van der Waals surface area contributed by atoms with Crippen molar-refractivity contribution in [2.75, 3.05) is 5.88 Å². The van der Waals surface area contributed by atoms with E-state index in [-0.39, 0.29) is 11.9 Å². The van der Waals surface area contributed by atoms with E-state index in [9.17, 15) is 4.79 Å². The summed E-state index contributed by atoms with van der Waals surface area (Å²) < 4.78 is 1.01. The Kier molecular flexibility index (Phi) is 5.85. The standard InChI is InChI=1S/C12H15BrClNO/c1-9(15-12(16)7-4-8-14)10-5-2-3-6-11(10)13/h2-3,5-6,9H,4,7-8H2,1H3,(H,15,16)/t9-/m0/s1. The lowest BCUT2D eigenvalue weighted by Crippen LogP contribution is -2.26. The lowest BCUT2D eigenvalue weighted by molar-refractivity contribution is -0.121. The number of carbonyl (C=O) groups excluding carboxylic acids is 1. The molecule has 1 N–H and O–H groups in total. The highest BCUT2D eigenvalue weighted by atomic mass is 79.9. The van der Waals surface area contributed by atoms with E-state index >= 15 is 0 Å². The molecule has 0 radical (unpaired) electrons. The Hall–Kier alpha value is -0.540. The van der Waals surface area contributed by atoms with Gasteiger partial charge in [-0.15, -0.1) is 11.6 Å². The van der Waals surface area contributed by atoms with Crippen molar-refractivity contribution in [1.29, 1.82) is 0 Å². The van der Waals surface area contributed by atoms with E-state index in [1.807, 2.05) is 31.2 Å². The number of benzene rings is 1. The summed E-state index contributed by atoms with van der Waals surface area (Å²) in [4.78, 5) is 11.5. The van der Waals surface area contributed by atoms with E-state index < -0.39 is 0 Å². The van der Waals surface area contributed by atoms with Crippen LogP contribution < -0.4 is 5.32 Å². The van der Waals surface area contributed by atoms with E-state index in [0.717, 1.165) is 16.5 Å². The molecule has 1 atom stereocenters. The van der Waals surface area contributed by atoms with Gasteiger partial charge in [-0.1, -0.05) is 34.1 Å². The largest absolute Gasteiger partial charge is 0.350 e. The summed E-state index contributed by atoms with van der Waals surface area (Å²) in [5.74, 6) is 0.570. The minimum absolute atomic E-state index is 0.0124. The summed E-state index contributed by atoms with van der Waals surface area (Å²) in [7, 11) is 0. The van der Waals surface area contributed by atoms with Crippen molar-refractivity contribution >= 4 is 33.4 Å². The molecule has 16 heavy (non-hydrogen) atoms. The molecule has 88 valence electrons. The van der Waals surface area contributed by atoms with Crippen LogP contribution in [0.25, 0.3) is 0 Å². The third kappa shape index (κ3) is 4.14. The topological polar surface area (TPSA) is 29.1 Å². The van der Waals surface area contributed by atoms with Gasteiger partial charge in [0.15, 0.2) is 0 Å². The molecule has 0 saturated carbocycles. The summed E-state index contributed by atoms with van der Waals surface area (Å²) in [5, 5.41) is 2.94. The minimum atomic E-state index is 0.0124. The van der Waals surface area contributed by atoms with Crippen molar-refractivity contribution in [3.8, 4) is 0 Å². The zero-order valence-electron chi connectivity index (χ0n) is 9.17. The molecule has 1 aromatic rings. The van der Waals surface area contributed by atoms with E-state index in [1.165, 1.54) is 0 Å². The van der Waals surface area contributed by atoms with Gasteiger partial charge in [0.1, 0.15) is 0 Å². The summed E-state index contributed by atoms with van der Waals surface area (Å²) in [6.45, 7) is 1.97.